The Morgan fingerprint density at radius 2 is 1.81 bits per heavy atom. The number of benzene rings is 2. The van der Waals surface area contributed by atoms with Crippen molar-refractivity contribution in [2.45, 2.75) is 18.0 Å². The molecule has 0 aliphatic heterocycles. The molecule has 0 bridgehead atoms. The number of nitrogens with two attached hydrogens (primary N) is 1. The lowest BCUT2D eigenvalue weighted by molar-refractivity contribution is 0.580. The number of hydrogen-bond acceptors (Lipinski definition) is 3. The topological polar surface area (TPSA) is 72.2 Å². The Hall–Kier alpha value is -1.47. The summed E-state index contributed by atoms with van der Waals surface area (Å²) in [5, 5.41) is -0.236. The van der Waals surface area contributed by atoms with E-state index in [-0.39, 0.29) is 16.5 Å². The summed E-state index contributed by atoms with van der Waals surface area (Å²) in [7, 11) is -3.76. The molecule has 7 heteroatoms. The van der Waals surface area contributed by atoms with Gasteiger partial charge in [-0.1, -0.05) is 35.9 Å². The average Bonchev–Trinajstić information content (AvgIpc) is 2.48. The zero-order valence-electron chi connectivity index (χ0n) is 11.0. The van der Waals surface area contributed by atoms with Gasteiger partial charge >= 0.3 is 0 Å². The van der Waals surface area contributed by atoms with Crippen LogP contribution in [0, 0.1) is 5.82 Å². The quantitative estimate of drug-likeness (QED) is 0.885. The molecule has 2 aromatic rings. The second-order valence-corrected chi connectivity index (χ2v) is 6.55. The van der Waals surface area contributed by atoms with E-state index in [0.717, 1.165) is 23.3 Å². The molecule has 0 fully saturated rings. The van der Waals surface area contributed by atoms with Crippen molar-refractivity contribution in [3.05, 3.63) is 64.4 Å². The molecular weight excluding hydrogens is 315 g/mol. The second-order valence-electron chi connectivity index (χ2n) is 4.37. The normalized spacial score (nSPS) is 11.6. The Balaban J connectivity index is 2.20. The molecule has 0 aliphatic rings. The molecule has 4 nitrogen and oxygen atoms in total. The molecule has 21 heavy (non-hydrogen) atoms. The van der Waals surface area contributed by atoms with Gasteiger partial charge in [0.1, 0.15) is 5.82 Å². The summed E-state index contributed by atoms with van der Waals surface area (Å²) in [6.07, 6.45) is 0. The van der Waals surface area contributed by atoms with Crippen molar-refractivity contribution in [2.75, 3.05) is 0 Å². The fraction of sp³-hybridized carbons (Fsp3) is 0.143. The van der Waals surface area contributed by atoms with Crippen LogP contribution < -0.4 is 10.5 Å². The van der Waals surface area contributed by atoms with Gasteiger partial charge in [0, 0.05) is 13.1 Å². The molecule has 0 aliphatic carbocycles. The van der Waals surface area contributed by atoms with E-state index in [0.29, 0.717) is 6.54 Å². The Labute approximate surface area is 127 Å². The maximum Gasteiger partial charge on any atom is 0.240 e. The maximum absolute atomic E-state index is 13.1. The molecule has 0 radical (unpaired) electrons. The van der Waals surface area contributed by atoms with Gasteiger partial charge in [-0.3, -0.25) is 0 Å². The van der Waals surface area contributed by atoms with Crippen LogP contribution in [0.4, 0.5) is 4.39 Å². The molecule has 2 rings (SSSR count). The first-order chi connectivity index (χ1) is 9.94. The molecule has 0 atom stereocenters. The molecular formula is C14H14ClFN2O2S. The van der Waals surface area contributed by atoms with Crippen LogP contribution in [0.15, 0.2) is 47.4 Å². The first-order valence-electron chi connectivity index (χ1n) is 6.15. The summed E-state index contributed by atoms with van der Waals surface area (Å²) >= 11 is 5.60. The Morgan fingerprint density at radius 1 is 1.14 bits per heavy atom. The van der Waals surface area contributed by atoms with Gasteiger partial charge in [-0.2, -0.15) is 0 Å². The Morgan fingerprint density at radius 3 is 2.43 bits per heavy atom. The van der Waals surface area contributed by atoms with Crippen LogP contribution >= 0.6 is 11.6 Å². The summed E-state index contributed by atoms with van der Waals surface area (Å²) < 4.78 is 39.8. The highest BCUT2D eigenvalue weighted by Gasteiger charge is 2.16. The van der Waals surface area contributed by atoms with E-state index >= 15 is 0 Å². The number of hydrogen-bond donors (Lipinski definition) is 2. The SMILES string of the molecule is NCc1ccccc1CNS(=O)(=O)c1ccc(F)c(Cl)c1. The highest BCUT2D eigenvalue weighted by atomic mass is 35.5. The third-order valence-corrected chi connectivity index (χ3v) is 4.68. The summed E-state index contributed by atoms with van der Waals surface area (Å²) in [6.45, 7) is 0.422. The molecule has 0 amide bonds. The molecule has 3 N–H and O–H groups in total. The smallest absolute Gasteiger partial charge is 0.240 e. The highest BCUT2D eigenvalue weighted by molar-refractivity contribution is 7.89. The van der Waals surface area contributed by atoms with Crippen molar-refractivity contribution in [1.82, 2.24) is 4.72 Å². The van der Waals surface area contributed by atoms with E-state index in [1.165, 1.54) is 6.07 Å². The molecule has 0 saturated carbocycles. The van der Waals surface area contributed by atoms with Gasteiger partial charge in [0.25, 0.3) is 0 Å². The van der Waals surface area contributed by atoms with E-state index in [2.05, 4.69) is 4.72 Å². The molecule has 112 valence electrons. The van der Waals surface area contributed by atoms with Crippen LogP contribution in [0.3, 0.4) is 0 Å². The fourth-order valence-corrected chi connectivity index (χ4v) is 3.11. The van der Waals surface area contributed by atoms with E-state index < -0.39 is 15.8 Å². The number of nitrogens with one attached hydrogen (secondary N) is 1. The van der Waals surface area contributed by atoms with Gasteiger partial charge in [-0.05, 0) is 29.3 Å². The van der Waals surface area contributed by atoms with Gasteiger partial charge in [0.05, 0.1) is 9.92 Å². The Bertz CT molecular complexity index is 750. The molecule has 2 aromatic carbocycles. The first kappa shape index (κ1) is 15.9. The molecule has 0 aromatic heterocycles. The lowest BCUT2D eigenvalue weighted by Gasteiger charge is -2.10. The van der Waals surface area contributed by atoms with Crippen molar-refractivity contribution >= 4 is 21.6 Å². The van der Waals surface area contributed by atoms with E-state index in [9.17, 15) is 12.8 Å². The minimum Gasteiger partial charge on any atom is -0.326 e. The van der Waals surface area contributed by atoms with E-state index in [4.69, 9.17) is 17.3 Å². The maximum atomic E-state index is 13.1. The standard InChI is InChI=1S/C14H14ClFN2O2S/c15-13-7-12(5-6-14(13)16)21(19,20)18-9-11-4-2-1-3-10(11)8-17/h1-7,18H,8-9,17H2. The van der Waals surface area contributed by atoms with Crippen LogP contribution in [-0.2, 0) is 23.1 Å². The Kier molecular flexibility index (Phi) is 4.95. The largest absolute Gasteiger partial charge is 0.326 e. The fourth-order valence-electron chi connectivity index (χ4n) is 1.83. The van der Waals surface area contributed by atoms with Crippen molar-refractivity contribution in [2.24, 2.45) is 5.73 Å². The predicted molar refractivity (Wildman–Crippen MR) is 79.8 cm³/mol. The van der Waals surface area contributed by atoms with Crippen LogP contribution in [-0.4, -0.2) is 8.42 Å². The zero-order chi connectivity index (χ0) is 15.5. The van der Waals surface area contributed by atoms with Crippen LogP contribution in [0.1, 0.15) is 11.1 Å². The van der Waals surface area contributed by atoms with Crippen molar-refractivity contribution in [3.63, 3.8) is 0 Å². The summed E-state index contributed by atoms with van der Waals surface area (Å²) in [4.78, 5) is -0.0841. The molecule has 0 unspecified atom stereocenters. The highest BCUT2D eigenvalue weighted by Crippen LogP contribution is 2.19. The van der Waals surface area contributed by atoms with E-state index in [1.807, 2.05) is 12.1 Å². The minimum atomic E-state index is -3.76. The van der Waals surface area contributed by atoms with Crippen molar-refractivity contribution < 1.29 is 12.8 Å². The van der Waals surface area contributed by atoms with Crippen molar-refractivity contribution in [3.8, 4) is 0 Å². The van der Waals surface area contributed by atoms with Gasteiger partial charge in [-0.25, -0.2) is 17.5 Å². The number of rotatable bonds is 5. The van der Waals surface area contributed by atoms with Gasteiger partial charge in [0.15, 0.2) is 0 Å². The van der Waals surface area contributed by atoms with Crippen molar-refractivity contribution in [1.29, 1.82) is 0 Å². The predicted octanol–water partition coefficient (Wildman–Crippen LogP) is 2.42. The number of halogens is 2. The van der Waals surface area contributed by atoms with Crippen LogP contribution in [0.25, 0.3) is 0 Å². The van der Waals surface area contributed by atoms with Gasteiger partial charge in [-0.15, -0.1) is 0 Å². The lowest BCUT2D eigenvalue weighted by atomic mass is 10.1. The molecule has 0 spiro atoms. The van der Waals surface area contributed by atoms with Crippen LogP contribution in [0.2, 0.25) is 5.02 Å². The van der Waals surface area contributed by atoms with Gasteiger partial charge < -0.3 is 5.73 Å². The lowest BCUT2D eigenvalue weighted by Crippen LogP contribution is -2.24. The summed E-state index contributed by atoms with van der Waals surface area (Å²) in [5.41, 5.74) is 7.25. The average molecular weight is 329 g/mol. The van der Waals surface area contributed by atoms with E-state index in [1.54, 1.807) is 12.1 Å². The minimum absolute atomic E-state index is 0.0841. The first-order valence-corrected chi connectivity index (χ1v) is 8.01. The number of sulfonamides is 1. The monoisotopic (exact) mass is 328 g/mol. The molecule has 0 heterocycles. The van der Waals surface area contributed by atoms with Crippen LogP contribution in [0.5, 0.6) is 0 Å². The summed E-state index contributed by atoms with van der Waals surface area (Å²) in [5.74, 6) is -0.663. The summed E-state index contributed by atoms with van der Waals surface area (Å²) in [6, 6.07) is 10.5. The van der Waals surface area contributed by atoms with Gasteiger partial charge in [0.2, 0.25) is 10.0 Å². The third-order valence-electron chi connectivity index (χ3n) is 2.99. The zero-order valence-corrected chi connectivity index (χ0v) is 12.6. The second kappa shape index (κ2) is 6.53. The third kappa shape index (κ3) is 3.79. The molecule has 0 saturated heterocycles.